The highest BCUT2D eigenvalue weighted by Gasteiger charge is 2.35. The van der Waals surface area contributed by atoms with Gasteiger partial charge in [0.05, 0.1) is 11.6 Å². The van der Waals surface area contributed by atoms with Gasteiger partial charge in [-0.1, -0.05) is 18.2 Å². The highest BCUT2D eigenvalue weighted by molar-refractivity contribution is 6.03. The van der Waals surface area contributed by atoms with Crippen LogP contribution in [0.4, 0.5) is 20.2 Å². The van der Waals surface area contributed by atoms with Crippen molar-refractivity contribution in [2.75, 3.05) is 16.8 Å². The van der Waals surface area contributed by atoms with E-state index in [9.17, 15) is 18.4 Å². The van der Waals surface area contributed by atoms with Gasteiger partial charge in [0, 0.05) is 24.7 Å². The van der Waals surface area contributed by atoms with E-state index < -0.39 is 23.5 Å². The van der Waals surface area contributed by atoms with Gasteiger partial charge in [-0.25, -0.2) is 8.78 Å². The standard InChI is InChI=1S/C18H16F2N2O2/c1-11-4-2-3-5-16(11)22-10-12(8-17(22)23)18(24)21-15-7-6-13(19)9-14(15)20/h2-7,9,12H,8,10H2,1H3,(H,21,24)/t12-/m0/s1. The number of halogens is 2. The summed E-state index contributed by atoms with van der Waals surface area (Å²) in [5, 5.41) is 2.43. The summed E-state index contributed by atoms with van der Waals surface area (Å²) in [7, 11) is 0. The molecule has 2 amide bonds. The Morgan fingerprint density at radius 1 is 1.21 bits per heavy atom. The minimum atomic E-state index is -0.844. The largest absolute Gasteiger partial charge is 0.323 e. The van der Waals surface area contributed by atoms with Crippen LogP contribution in [0.3, 0.4) is 0 Å². The lowest BCUT2D eigenvalue weighted by atomic mass is 10.1. The smallest absolute Gasteiger partial charge is 0.229 e. The quantitative estimate of drug-likeness (QED) is 0.939. The topological polar surface area (TPSA) is 49.4 Å². The minimum Gasteiger partial charge on any atom is -0.323 e. The van der Waals surface area contributed by atoms with Crippen molar-refractivity contribution in [2.24, 2.45) is 5.92 Å². The first-order chi connectivity index (χ1) is 11.5. The van der Waals surface area contributed by atoms with Crippen molar-refractivity contribution >= 4 is 23.2 Å². The molecule has 0 aromatic heterocycles. The zero-order valence-electron chi connectivity index (χ0n) is 13.1. The summed E-state index contributed by atoms with van der Waals surface area (Å²) in [6.07, 6.45) is 0.0585. The van der Waals surface area contributed by atoms with Crippen LogP contribution < -0.4 is 10.2 Å². The zero-order valence-corrected chi connectivity index (χ0v) is 13.1. The van der Waals surface area contributed by atoms with Crippen LogP contribution in [0.15, 0.2) is 42.5 Å². The average molecular weight is 330 g/mol. The summed E-state index contributed by atoms with van der Waals surface area (Å²) in [5.74, 6) is -2.74. The molecule has 0 spiro atoms. The number of aryl methyl sites for hydroxylation is 1. The molecule has 0 unspecified atom stereocenters. The molecule has 124 valence electrons. The first-order valence-electron chi connectivity index (χ1n) is 7.57. The highest BCUT2D eigenvalue weighted by atomic mass is 19.1. The van der Waals surface area contributed by atoms with Crippen LogP contribution in [0.2, 0.25) is 0 Å². The van der Waals surface area contributed by atoms with Crippen molar-refractivity contribution in [3.63, 3.8) is 0 Å². The number of hydrogen-bond acceptors (Lipinski definition) is 2. The minimum absolute atomic E-state index is 0.0585. The molecule has 4 nitrogen and oxygen atoms in total. The number of para-hydroxylation sites is 1. The van der Waals surface area contributed by atoms with Gasteiger partial charge >= 0.3 is 0 Å². The molecule has 0 bridgehead atoms. The van der Waals surface area contributed by atoms with E-state index in [4.69, 9.17) is 0 Å². The van der Waals surface area contributed by atoms with Crippen LogP contribution in [0.1, 0.15) is 12.0 Å². The molecule has 1 aliphatic rings. The molecule has 1 N–H and O–H groups in total. The Morgan fingerprint density at radius 3 is 2.67 bits per heavy atom. The molecule has 6 heteroatoms. The van der Waals surface area contributed by atoms with E-state index in [2.05, 4.69) is 5.32 Å². The molecule has 1 saturated heterocycles. The van der Waals surface area contributed by atoms with E-state index in [0.29, 0.717) is 6.07 Å². The number of hydrogen-bond donors (Lipinski definition) is 1. The number of rotatable bonds is 3. The third-order valence-corrected chi connectivity index (χ3v) is 4.09. The average Bonchev–Trinajstić information content (AvgIpc) is 2.92. The maximum Gasteiger partial charge on any atom is 0.229 e. The number of nitrogens with one attached hydrogen (secondary N) is 1. The normalized spacial score (nSPS) is 17.2. The van der Waals surface area contributed by atoms with Gasteiger partial charge in [0.1, 0.15) is 11.6 Å². The number of amides is 2. The van der Waals surface area contributed by atoms with Crippen molar-refractivity contribution in [1.82, 2.24) is 0 Å². The molecule has 0 aliphatic carbocycles. The molecule has 2 aromatic rings. The Bertz CT molecular complexity index is 807. The molecular weight excluding hydrogens is 314 g/mol. The fourth-order valence-electron chi connectivity index (χ4n) is 2.81. The second-order valence-electron chi connectivity index (χ2n) is 5.81. The number of benzene rings is 2. The van der Waals surface area contributed by atoms with E-state index in [1.165, 1.54) is 6.07 Å². The van der Waals surface area contributed by atoms with Crippen LogP contribution in [0, 0.1) is 24.5 Å². The Hall–Kier alpha value is -2.76. The van der Waals surface area contributed by atoms with Gasteiger partial charge in [-0.05, 0) is 30.7 Å². The van der Waals surface area contributed by atoms with Crippen molar-refractivity contribution in [3.8, 4) is 0 Å². The second-order valence-corrected chi connectivity index (χ2v) is 5.81. The number of anilines is 2. The van der Waals surface area contributed by atoms with Gasteiger partial charge in [0.2, 0.25) is 11.8 Å². The maximum absolute atomic E-state index is 13.6. The van der Waals surface area contributed by atoms with Gasteiger partial charge in [-0.15, -0.1) is 0 Å². The summed E-state index contributed by atoms with van der Waals surface area (Å²) in [6, 6.07) is 10.4. The molecule has 1 fully saturated rings. The monoisotopic (exact) mass is 330 g/mol. The molecule has 24 heavy (non-hydrogen) atoms. The Labute approximate surface area is 138 Å². The fourth-order valence-corrected chi connectivity index (χ4v) is 2.81. The van der Waals surface area contributed by atoms with Gasteiger partial charge in [-0.2, -0.15) is 0 Å². The summed E-state index contributed by atoms with van der Waals surface area (Å²) in [6.45, 7) is 2.13. The third kappa shape index (κ3) is 3.13. The van der Waals surface area contributed by atoms with Gasteiger partial charge < -0.3 is 10.2 Å². The molecule has 3 rings (SSSR count). The third-order valence-electron chi connectivity index (χ3n) is 4.09. The molecule has 1 atom stereocenters. The fraction of sp³-hybridized carbons (Fsp3) is 0.222. The Morgan fingerprint density at radius 2 is 1.96 bits per heavy atom. The van der Waals surface area contributed by atoms with E-state index in [-0.39, 0.29) is 24.6 Å². The zero-order chi connectivity index (χ0) is 17.3. The van der Waals surface area contributed by atoms with Crippen molar-refractivity contribution in [2.45, 2.75) is 13.3 Å². The second kappa shape index (κ2) is 6.39. The van der Waals surface area contributed by atoms with E-state index in [1.807, 2.05) is 31.2 Å². The predicted octanol–water partition coefficient (Wildman–Crippen LogP) is 3.26. The van der Waals surface area contributed by atoms with Gasteiger partial charge in [-0.3, -0.25) is 9.59 Å². The van der Waals surface area contributed by atoms with Crippen LogP contribution in [-0.4, -0.2) is 18.4 Å². The van der Waals surface area contributed by atoms with E-state index in [0.717, 1.165) is 17.3 Å². The van der Waals surface area contributed by atoms with Crippen LogP contribution in [-0.2, 0) is 9.59 Å². The lowest BCUT2D eigenvalue weighted by molar-refractivity contribution is -0.122. The summed E-state index contributed by atoms with van der Waals surface area (Å²) in [5.41, 5.74) is 1.62. The highest BCUT2D eigenvalue weighted by Crippen LogP contribution is 2.28. The van der Waals surface area contributed by atoms with Gasteiger partial charge in [0.25, 0.3) is 0 Å². The molecule has 0 saturated carbocycles. The summed E-state index contributed by atoms with van der Waals surface area (Å²) in [4.78, 5) is 26.1. The summed E-state index contributed by atoms with van der Waals surface area (Å²) < 4.78 is 26.5. The first kappa shape index (κ1) is 16.1. The van der Waals surface area contributed by atoms with Crippen LogP contribution in [0.5, 0.6) is 0 Å². The van der Waals surface area contributed by atoms with Crippen LogP contribution >= 0.6 is 0 Å². The molecule has 1 aliphatic heterocycles. The van der Waals surface area contributed by atoms with Crippen molar-refractivity contribution < 1.29 is 18.4 Å². The maximum atomic E-state index is 13.6. The SMILES string of the molecule is Cc1ccccc1N1C[C@@H](C(=O)Nc2ccc(F)cc2F)CC1=O. The number of nitrogens with zero attached hydrogens (tertiary/aromatic N) is 1. The Balaban J connectivity index is 1.73. The Kier molecular flexibility index (Phi) is 4.29. The van der Waals surface area contributed by atoms with Crippen LogP contribution in [0.25, 0.3) is 0 Å². The number of carbonyl (C=O) groups is 2. The first-order valence-corrected chi connectivity index (χ1v) is 7.57. The van der Waals surface area contributed by atoms with Crippen molar-refractivity contribution in [3.05, 3.63) is 59.7 Å². The molecule has 0 radical (unpaired) electrons. The lowest BCUT2D eigenvalue weighted by Crippen LogP contribution is -2.28. The lowest BCUT2D eigenvalue weighted by Gasteiger charge is -2.19. The summed E-state index contributed by atoms with van der Waals surface area (Å²) >= 11 is 0. The van der Waals surface area contributed by atoms with E-state index >= 15 is 0 Å². The molecular formula is C18H16F2N2O2. The molecule has 2 aromatic carbocycles. The van der Waals surface area contributed by atoms with Gasteiger partial charge in [0.15, 0.2) is 0 Å². The van der Waals surface area contributed by atoms with Crippen molar-refractivity contribution in [1.29, 1.82) is 0 Å². The van der Waals surface area contributed by atoms with E-state index in [1.54, 1.807) is 4.90 Å². The molecule has 1 heterocycles. The number of carbonyl (C=O) groups excluding carboxylic acids is 2. The predicted molar refractivity (Wildman–Crippen MR) is 86.6 cm³/mol.